The van der Waals surface area contributed by atoms with E-state index in [1.807, 2.05) is 0 Å². The lowest BCUT2D eigenvalue weighted by Crippen LogP contribution is -2.43. The third kappa shape index (κ3) is 8.52. The van der Waals surface area contributed by atoms with Crippen molar-refractivity contribution >= 4 is 23.9 Å². The number of ether oxygens (including phenoxy) is 5. The van der Waals surface area contributed by atoms with E-state index in [-0.39, 0.29) is 23.4 Å². The Kier molecular flexibility index (Phi) is 9.95. The van der Waals surface area contributed by atoms with Gasteiger partial charge in [-0.25, -0.2) is 19.2 Å². The molecule has 3 aromatic carbocycles. The van der Waals surface area contributed by atoms with Gasteiger partial charge in [-0.3, -0.25) is 0 Å². The second-order valence-electron chi connectivity index (χ2n) is 10.7. The van der Waals surface area contributed by atoms with E-state index < -0.39 is 53.9 Å². The molecule has 43 heavy (non-hydrogen) atoms. The molecule has 0 spiro atoms. The van der Waals surface area contributed by atoms with Crippen LogP contribution in [0.2, 0.25) is 0 Å². The quantitative estimate of drug-likeness (QED) is 0.219. The monoisotopic (exact) mass is 587 g/mol. The predicted molar refractivity (Wildman–Crippen MR) is 155 cm³/mol. The van der Waals surface area contributed by atoms with Crippen molar-refractivity contribution in [2.45, 2.75) is 50.8 Å². The van der Waals surface area contributed by atoms with Crippen molar-refractivity contribution in [1.29, 1.82) is 0 Å². The molecule has 0 amide bonds. The van der Waals surface area contributed by atoms with Gasteiger partial charge in [0.2, 0.25) is 0 Å². The Labute approximate surface area is 249 Å². The standard InChI is InChI=1S/C33H33NO9/c1-33(2,3)43-26(35)19-24(34)27-29(42-32(38)23-17-11-6-12-18-23)28(41-31(37)22-15-9-5-10-16-22)25(40-27)20-39-30(36)21-13-7-4-8-14-21/h4-19,25,27-29H,20,34H2,1-3H3/b24-19-/t25-,27+,28-,29+/m1/s1. The summed E-state index contributed by atoms with van der Waals surface area (Å²) in [4.78, 5) is 51.7. The highest BCUT2D eigenvalue weighted by Crippen LogP contribution is 2.32. The molecule has 3 aromatic rings. The Morgan fingerprint density at radius 3 is 1.63 bits per heavy atom. The fraction of sp³-hybridized carbons (Fsp3) is 0.273. The molecule has 1 fully saturated rings. The number of benzene rings is 3. The lowest BCUT2D eigenvalue weighted by atomic mass is 10.0. The molecule has 4 atom stereocenters. The smallest absolute Gasteiger partial charge is 0.338 e. The highest BCUT2D eigenvalue weighted by Gasteiger charge is 2.51. The van der Waals surface area contributed by atoms with E-state index >= 15 is 0 Å². The van der Waals surface area contributed by atoms with Gasteiger partial charge >= 0.3 is 23.9 Å². The van der Waals surface area contributed by atoms with Gasteiger partial charge in [0, 0.05) is 11.8 Å². The Bertz CT molecular complexity index is 1450. The van der Waals surface area contributed by atoms with E-state index in [0.29, 0.717) is 5.56 Å². The Balaban J connectivity index is 1.67. The van der Waals surface area contributed by atoms with Crippen LogP contribution < -0.4 is 5.73 Å². The van der Waals surface area contributed by atoms with Gasteiger partial charge in [0.15, 0.2) is 12.2 Å². The summed E-state index contributed by atoms with van der Waals surface area (Å²) in [7, 11) is 0. The van der Waals surface area contributed by atoms with Crippen LogP contribution in [0.5, 0.6) is 0 Å². The van der Waals surface area contributed by atoms with Crippen LogP contribution in [0.4, 0.5) is 0 Å². The van der Waals surface area contributed by atoms with Gasteiger partial charge in [0.1, 0.15) is 24.4 Å². The zero-order chi connectivity index (χ0) is 31.0. The zero-order valence-electron chi connectivity index (χ0n) is 24.0. The maximum absolute atomic E-state index is 13.2. The zero-order valence-corrected chi connectivity index (χ0v) is 24.0. The molecule has 0 aliphatic carbocycles. The van der Waals surface area contributed by atoms with Crippen LogP contribution in [0.3, 0.4) is 0 Å². The minimum absolute atomic E-state index is 0.141. The van der Waals surface area contributed by atoms with Gasteiger partial charge in [-0.1, -0.05) is 54.6 Å². The molecule has 4 rings (SSSR count). The molecule has 1 aliphatic heterocycles. The van der Waals surface area contributed by atoms with E-state index in [4.69, 9.17) is 29.4 Å². The number of rotatable bonds is 9. The highest BCUT2D eigenvalue weighted by atomic mass is 16.7. The fourth-order valence-electron chi connectivity index (χ4n) is 4.30. The largest absolute Gasteiger partial charge is 0.459 e. The maximum Gasteiger partial charge on any atom is 0.338 e. The van der Waals surface area contributed by atoms with Crippen LogP contribution >= 0.6 is 0 Å². The third-order valence-corrected chi connectivity index (χ3v) is 6.22. The fourth-order valence-corrected chi connectivity index (χ4v) is 4.30. The molecule has 1 saturated heterocycles. The van der Waals surface area contributed by atoms with Gasteiger partial charge in [0.05, 0.1) is 16.7 Å². The van der Waals surface area contributed by atoms with Crippen molar-refractivity contribution in [1.82, 2.24) is 0 Å². The summed E-state index contributed by atoms with van der Waals surface area (Å²) in [5.41, 5.74) is 6.13. The van der Waals surface area contributed by atoms with Crippen molar-refractivity contribution in [2.75, 3.05) is 6.61 Å². The average molecular weight is 588 g/mol. The van der Waals surface area contributed by atoms with Crippen LogP contribution in [-0.2, 0) is 28.5 Å². The van der Waals surface area contributed by atoms with Crippen LogP contribution in [0.15, 0.2) is 103 Å². The van der Waals surface area contributed by atoms with Crippen molar-refractivity contribution < 1.29 is 42.9 Å². The second kappa shape index (κ2) is 13.8. The first-order valence-electron chi connectivity index (χ1n) is 13.6. The molecule has 0 radical (unpaired) electrons. The molecule has 10 heteroatoms. The molecule has 224 valence electrons. The maximum atomic E-state index is 13.2. The van der Waals surface area contributed by atoms with Gasteiger partial charge < -0.3 is 29.4 Å². The summed E-state index contributed by atoms with van der Waals surface area (Å²) in [5.74, 6) is -2.87. The van der Waals surface area contributed by atoms with E-state index in [2.05, 4.69) is 0 Å². The summed E-state index contributed by atoms with van der Waals surface area (Å²) in [6, 6.07) is 24.6. The number of esters is 4. The lowest BCUT2D eigenvalue weighted by Gasteiger charge is -2.25. The number of carbonyl (C=O) groups excluding carboxylic acids is 4. The molecule has 0 bridgehead atoms. The molecule has 0 saturated carbocycles. The molecule has 1 aliphatic rings. The Morgan fingerprint density at radius 2 is 1.16 bits per heavy atom. The SMILES string of the molecule is CC(C)(C)OC(=O)/C=C(\N)[C@@H]1O[C@H](COC(=O)c2ccccc2)[C@@H](OC(=O)c2ccccc2)[C@H]1OC(=O)c1ccccc1. The molecule has 10 nitrogen and oxygen atoms in total. The molecular weight excluding hydrogens is 554 g/mol. The molecule has 0 aromatic heterocycles. The summed E-state index contributed by atoms with van der Waals surface area (Å²) in [5, 5.41) is 0. The van der Waals surface area contributed by atoms with Crippen LogP contribution in [0, 0.1) is 0 Å². The van der Waals surface area contributed by atoms with E-state index in [0.717, 1.165) is 6.08 Å². The first kappa shape index (κ1) is 31.0. The minimum Gasteiger partial charge on any atom is -0.459 e. The van der Waals surface area contributed by atoms with Crippen molar-refractivity contribution in [2.24, 2.45) is 5.73 Å². The molecular formula is C33H33NO9. The highest BCUT2D eigenvalue weighted by molar-refractivity contribution is 5.91. The summed E-state index contributed by atoms with van der Waals surface area (Å²) in [6.07, 6.45) is -3.95. The van der Waals surface area contributed by atoms with Crippen molar-refractivity contribution in [3.05, 3.63) is 119 Å². The van der Waals surface area contributed by atoms with Crippen LogP contribution in [-0.4, -0.2) is 60.5 Å². The third-order valence-electron chi connectivity index (χ3n) is 6.22. The van der Waals surface area contributed by atoms with E-state index in [9.17, 15) is 19.2 Å². The van der Waals surface area contributed by atoms with Gasteiger partial charge in [-0.05, 0) is 57.2 Å². The summed E-state index contributed by atoms with van der Waals surface area (Å²) < 4.78 is 28.6. The minimum atomic E-state index is -1.32. The average Bonchev–Trinajstić information content (AvgIpc) is 3.32. The number of carbonyl (C=O) groups is 4. The second-order valence-corrected chi connectivity index (χ2v) is 10.7. The molecule has 1 heterocycles. The lowest BCUT2D eigenvalue weighted by molar-refractivity contribution is -0.148. The normalized spacial score (nSPS) is 20.1. The summed E-state index contributed by atoms with van der Waals surface area (Å²) in [6.45, 7) is 4.71. The number of hydrogen-bond acceptors (Lipinski definition) is 10. The van der Waals surface area contributed by atoms with E-state index in [1.54, 1.807) is 112 Å². The number of nitrogens with two attached hydrogens (primary N) is 1. The predicted octanol–water partition coefficient (Wildman–Crippen LogP) is 4.25. The Hall–Kier alpha value is -4.96. The van der Waals surface area contributed by atoms with Crippen LogP contribution in [0.25, 0.3) is 0 Å². The number of hydrogen-bond donors (Lipinski definition) is 1. The Morgan fingerprint density at radius 1 is 0.721 bits per heavy atom. The van der Waals surface area contributed by atoms with Gasteiger partial charge in [-0.15, -0.1) is 0 Å². The van der Waals surface area contributed by atoms with Crippen molar-refractivity contribution in [3.63, 3.8) is 0 Å². The van der Waals surface area contributed by atoms with Crippen molar-refractivity contribution in [3.8, 4) is 0 Å². The van der Waals surface area contributed by atoms with E-state index in [1.165, 1.54) is 0 Å². The first-order valence-corrected chi connectivity index (χ1v) is 13.6. The van der Waals surface area contributed by atoms with Gasteiger partial charge in [-0.2, -0.15) is 0 Å². The first-order chi connectivity index (χ1) is 20.5. The summed E-state index contributed by atoms with van der Waals surface area (Å²) >= 11 is 0. The topological polar surface area (TPSA) is 140 Å². The van der Waals surface area contributed by atoms with Gasteiger partial charge in [0.25, 0.3) is 0 Å². The van der Waals surface area contributed by atoms with Crippen LogP contribution in [0.1, 0.15) is 51.8 Å². The molecule has 2 N–H and O–H groups in total. The molecule has 0 unspecified atom stereocenters.